The second-order valence-corrected chi connectivity index (χ2v) is 6.61. The molecule has 0 unspecified atom stereocenters. The standard InChI is InChI=1S/C17H15N3O3S/c1-10-3-4-11(2)12(7-10)8-16(21)19-17-18-14-6-5-13(20(22)23)9-15(14)24-17/h3-7,9H,8H2,1-2H3,(H,18,19,21). The van der Waals surface area contributed by atoms with E-state index in [1.54, 1.807) is 6.07 Å². The highest BCUT2D eigenvalue weighted by Crippen LogP contribution is 2.29. The molecule has 24 heavy (non-hydrogen) atoms. The average molecular weight is 341 g/mol. The Morgan fingerprint density at radius 1 is 1.25 bits per heavy atom. The van der Waals surface area contributed by atoms with Gasteiger partial charge in [-0.15, -0.1) is 0 Å². The number of thiazole rings is 1. The summed E-state index contributed by atoms with van der Waals surface area (Å²) in [6.07, 6.45) is 0.267. The summed E-state index contributed by atoms with van der Waals surface area (Å²) in [5.41, 5.74) is 3.79. The molecule has 0 bridgehead atoms. The third kappa shape index (κ3) is 3.41. The van der Waals surface area contributed by atoms with Gasteiger partial charge in [-0.25, -0.2) is 4.98 Å². The van der Waals surface area contributed by atoms with Gasteiger partial charge in [0, 0.05) is 12.1 Å². The second kappa shape index (κ2) is 6.37. The van der Waals surface area contributed by atoms with Crippen LogP contribution in [0.15, 0.2) is 36.4 Å². The lowest BCUT2D eigenvalue weighted by Gasteiger charge is -2.06. The van der Waals surface area contributed by atoms with Crippen molar-refractivity contribution in [3.05, 3.63) is 63.2 Å². The number of nitrogens with one attached hydrogen (secondary N) is 1. The van der Waals surface area contributed by atoms with E-state index in [1.807, 2.05) is 32.0 Å². The van der Waals surface area contributed by atoms with Crippen LogP contribution in [-0.2, 0) is 11.2 Å². The summed E-state index contributed by atoms with van der Waals surface area (Å²) >= 11 is 1.23. The number of anilines is 1. The molecule has 3 rings (SSSR count). The van der Waals surface area contributed by atoms with Crippen LogP contribution in [0.3, 0.4) is 0 Å². The van der Waals surface area contributed by atoms with Gasteiger partial charge in [0.1, 0.15) is 0 Å². The Morgan fingerprint density at radius 2 is 2.04 bits per heavy atom. The first-order chi connectivity index (χ1) is 11.4. The third-order valence-electron chi connectivity index (χ3n) is 3.68. The van der Waals surface area contributed by atoms with Crippen LogP contribution in [0.5, 0.6) is 0 Å². The summed E-state index contributed by atoms with van der Waals surface area (Å²) in [4.78, 5) is 26.9. The van der Waals surface area contributed by atoms with Gasteiger partial charge in [-0.3, -0.25) is 14.9 Å². The molecule has 0 atom stereocenters. The second-order valence-electron chi connectivity index (χ2n) is 5.58. The molecule has 1 N–H and O–H groups in total. The Morgan fingerprint density at radius 3 is 2.79 bits per heavy atom. The molecule has 1 amide bonds. The predicted octanol–water partition coefficient (Wildman–Crippen LogP) is 4.00. The average Bonchev–Trinajstić information content (AvgIpc) is 2.91. The number of nitro benzene ring substituents is 1. The summed E-state index contributed by atoms with van der Waals surface area (Å²) in [7, 11) is 0. The maximum absolute atomic E-state index is 12.2. The molecule has 0 spiro atoms. The highest BCUT2D eigenvalue weighted by atomic mass is 32.1. The zero-order chi connectivity index (χ0) is 17.3. The van der Waals surface area contributed by atoms with E-state index in [-0.39, 0.29) is 18.0 Å². The molecule has 2 aromatic carbocycles. The van der Waals surface area contributed by atoms with Crippen molar-refractivity contribution in [1.29, 1.82) is 0 Å². The van der Waals surface area contributed by atoms with Crippen molar-refractivity contribution in [1.82, 2.24) is 4.98 Å². The van der Waals surface area contributed by atoms with Crippen LogP contribution in [0.2, 0.25) is 0 Å². The van der Waals surface area contributed by atoms with E-state index in [2.05, 4.69) is 10.3 Å². The SMILES string of the molecule is Cc1ccc(C)c(CC(=O)Nc2nc3ccc([N+](=O)[O-])cc3s2)c1. The number of rotatable bonds is 4. The lowest BCUT2D eigenvalue weighted by Crippen LogP contribution is -2.14. The predicted molar refractivity (Wildman–Crippen MR) is 94.5 cm³/mol. The smallest absolute Gasteiger partial charge is 0.270 e. The largest absolute Gasteiger partial charge is 0.302 e. The molecule has 0 saturated carbocycles. The van der Waals surface area contributed by atoms with Crippen molar-refractivity contribution in [2.75, 3.05) is 5.32 Å². The molecule has 0 fully saturated rings. The van der Waals surface area contributed by atoms with E-state index in [1.165, 1.54) is 23.5 Å². The number of fused-ring (bicyclic) bond motifs is 1. The van der Waals surface area contributed by atoms with Crippen LogP contribution in [0.4, 0.5) is 10.8 Å². The highest BCUT2D eigenvalue weighted by molar-refractivity contribution is 7.22. The topological polar surface area (TPSA) is 85.1 Å². The first kappa shape index (κ1) is 16.1. The van der Waals surface area contributed by atoms with E-state index in [0.717, 1.165) is 16.7 Å². The monoisotopic (exact) mass is 341 g/mol. The summed E-state index contributed by atoms with van der Waals surface area (Å²) in [6.45, 7) is 3.96. The van der Waals surface area contributed by atoms with Crippen LogP contribution in [0, 0.1) is 24.0 Å². The van der Waals surface area contributed by atoms with E-state index in [4.69, 9.17) is 0 Å². The number of aryl methyl sites for hydroxylation is 2. The van der Waals surface area contributed by atoms with E-state index in [9.17, 15) is 14.9 Å². The van der Waals surface area contributed by atoms with Crippen molar-refractivity contribution in [3.63, 3.8) is 0 Å². The molecule has 7 heteroatoms. The van der Waals surface area contributed by atoms with Gasteiger partial charge in [-0.1, -0.05) is 35.1 Å². The van der Waals surface area contributed by atoms with Gasteiger partial charge in [-0.2, -0.15) is 0 Å². The number of hydrogen-bond donors (Lipinski definition) is 1. The minimum atomic E-state index is -0.447. The third-order valence-corrected chi connectivity index (χ3v) is 4.62. The van der Waals surface area contributed by atoms with Gasteiger partial charge in [0.25, 0.3) is 5.69 Å². The lowest BCUT2D eigenvalue weighted by molar-refractivity contribution is -0.384. The first-order valence-electron chi connectivity index (χ1n) is 7.33. The lowest BCUT2D eigenvalue weighted by atomic mass is 10.0. The molecule has 122 valence electrons. The summed E-state index contributed by atoms with van der Waals surface area (Å²) in [5.74, 6) is -0.155. The Bertz CT molecular complexity index is 949. The minimum Gasteiger partial charge on any atom is -0.302 e. The summed E-state index contributed by atoms with van der Waals surface area (Å²) in [6, 6.07) is 10.5. The number of nitro groups is 1. The van der Waals surface area contributed by atoms with Crippen molar-refractivity contribution >= 4 is 38.3 Å². The molecule has 3 aromatic rings. The van der Waals surface area contributed by atoms with Crippen LogP contribution in [0.1, 0.15) is 16.7 Å². The number of carbonyl (C=O) groups is 1. The van der Waals surface area contributed by atoms with E-state index >= 15 is 0 Å². The zero-order valence-corrected chi connectivity index (χ0v) is 14.0. The molecule has 0 aliphatic heterocycles. The van der Waals surface area contributed by atoms with E-state index < -0.39 is 4.92 Å². The normalized spacial score (nSPS) is 10.8. The van der Waals surface area contributed by atoms with Crippen LogP contribution in [0.25, 0.3) is 10.2 Å². The molecule has 0 saturated heterocycles. The van der Waals surface area contributed by atoms with Gasteiger partial charge in [-0.05, 0) is 31.0 Å². The van der Waals surface area contributed by atoms with Crippen LogP contribution >= 0.6 is 11.3 Å². The number of aromatic nitrogens is 1. The Hall–Kier alpha value is -2.80. The highest BCUT2D eigenvalue weighted by Gasteiger charge is 2.13. The maximum Gasteiger partial charge on any atom is 0.270 e. The Labute approximate surface area is 142 Å². The Balaban J connectivity index is 1.78. The number of amides is 1. The fourth-order valence-corrected chi connectivity index (χ4v) is 3.32. The fraction of sp³-hybridized carbons (Fsp3) is 0.176. The molecule has 0 aliphatic rings. The number of nitrogens with zero attached hydrogens (tertiary/aromatic N) is 2. The first-order valence-corrected chi connectivity index (χ1v) is 8.15. The zero-order valence-electron chi connectivity index (χ0n) is 13.2. The summed E-state index contributed by atoms with van der Waals surface area (Å²) < 4.78 is 0.672. The van der Waals surface area contributed by atoms with Gasteiger partial charge in [0.15, 0.2) is 5.13 Å². The van der Waals surface area contributed by atoms with Crippen molar-refractivity contribution in [3.8, 4) is 0 Å². The number of hydrogen-bond acceptors (Lipinski definition) is 5. The van der Waals surface area contributed by atoms with Crippen LogP contribution in [-0.4, -0.2) is 15.8 Å². The molecular weight excluding hydrogens is 326 g/mol. The molecule has 1 heterocycles. The van der Waals surface area contributed by atoms with Crippen molar-refractivity contribution in [2.24, 2.45) is 0 Å². The number of benzene rings is 2. The molecule has 0 aliphatic carbocycles. The quantitative estimate of drug-likeness (QED) is 0.574. The molecular formula is C17H15N3O3S. The molecule has 6 nitrogen and oxygen atoms in total. The fourth-order valence-electron chi connectivity index (χ4n) is 2.41. The minimum absolute atomic E-state index is 0.0133. The van der Waals surface area contributed by atoms with E-state index in [0.29, 0.717) is 15.3 Å². The van der Waals surface area contributed by atoms with Crippen molar-refractivity contribution in [2.45, 2.75) is 20.3 Å². The Kier molecular flexibility index (Phi) is 4.26. The number of non-ortho nitro benzene ring substituents is 1. The van der Waals surface area contributed by atoms with Crippen molar-refractivity contribution < 1.29 is 9.72 Å². The molecule has 1 aromatic heterocycles. The number of carbonyl (C=O) groups excluding carboxylic acids is 1. The van der Waals surface area contributed by atoms with Gasteiger partial charge >= 0.3 is 0 Å². The van der Waals surface area contributed by atoms with Crippen LogP contribution < -0.4 is 5.32 Å². The summed E-state index contributed by atoms with van der Waals surface area (Å²) in [5, 5.41) is 14.0. The maximum atomic E-state index is 12.2. The molecule has 0 radical (unpaired) electrons. The van der Waals surface area contributed by atoms with Gasteiger partial charge < -0.3 is 5.32 Å². The van der Waals surface area contributed by atoms with Gasteiger partial charge in [0.05, 0.1) is 21.6 Å². The van der Waals surface area contributed by atoms with Gasteiger partial charge in [0.2, 0.25) is 5.91 Å².